The van der Waals surface area contributed by atoms with Gasteiger partial charge >= 0.3 is 12.1 Å². The minimum atomic E-state index is -4.53. The maximum Gasteiger partial charge on any atom is 0.389 e. The molecule has 7 nitrogen and oxygen atoms in total. The molecule has 172 valence electrons. The lowest BCUT2D eigenvalue weighted by molar-refractivity contribution is -0.144. The van der Waals surface area contributed by atoms with Gasteiger partial charge in [-0.3, -0.25) is 18.9 Å². The summed E-state index contributed by atoms with van der Waals surface area (Å²) in [4.78, 5) is 38.8. The number of hydrogen-bond donors (Lipinski definition) is 0. The second-order valence-electron chi connectivity index (χ2n) is 8.06. The Labute approximate surface area is 185 Å². The van der Waals surface area contributed by atoms with E-state index in [-0.39, 0.29) is 39.5 Å². The molecule has 1 aliphatic carbocycles. The molecule has 0 spiro atoms. The van der Waals surface area contributed by atoms with Crippen molar-refractivity contribution in [3.8, 4) is 5.75 Å². The van der Waals surface area contributed by atoms with E-state index in [2.05, 4.69) is 0 Å². The highest BCUT2D eigenvalue weighted by atomic mass is 35.5. The van der Waals surface area contributed by atoms with Crippen LogP contribution in [0.2, 0.25) is 5.02 Å². The highest BCUT2D eigenvalue weighted by molar-refractivity contribution is 7.57. The Morgan fingerprint density at radius 3 is 2.41 bits per heavy atom. The van der Waals surface area contributed by atoms with Crippen molar-refractivity contribution in [1.82, 2.24) is 0 Å². The highest BCUT2D eigenvalue weighted by Gasteiger charge is 2.53. The maximum atomic E-state index is 13.5. The number of alkyl halides is 3. The van der Waals surface area contributed by atoms with Gasteiger partial charge in [0.1, 0.15) is 11.9 Å². The number of carbonyl (C=O) groups excluding carboxylic acids is 3. The second-order valence-corrected chi connectivity index (χ2v) is 11.1. The van der Waals surface area contributed by atoms with Crippen LogP contribution in [-0.2, 0) is 18.8 Å². The summed E-state index contributed by atoms with van der Waals surface area (Å²) in [6, 6.07) is 2.56. The van der Waals surface area contributed by atoms with Crippen LogP contribution in [0, 0.1) is 0 Å². The van der Waals surface area contributed by atoms with Crippen LogP contribution < -0.4 is 4.52 Å². The highest BCUT2D eigenvalue weighted by Crippen LogP contribution is 2.48. The third-order valence-electron chi connectivity index (χ3n) is 5.27. The minimum absolute atomic E-state index is 0.0986. The van der Waals surface area contributed by atoms with Gasteiger partial charge in [0.25, 0.3) is 0 Å². The number of halogens is 4. The summed E-state index contributed by atoms with van der Waals surface area (Å²) in [6.07, 6.45) is -10.3. The number of carbonyl (C=O) groups is 3. The van der Waals surface area contributed by atoms with Crippen molar-refractivity contribution in [2.75, 3.05) is 13.3 Å². The number of esters is 1. The molecule has 1 aromatic rings. The molecule has 3 atom stereocenters. The fourth-order valence-electron chi connectivity index (χ4n) is 4.12. The van der Waals surface area contributed by atoms with E-state index in [4.69, 9.17) is 25.6 Å². The van der Waals surface area contributed by atoms with Crippen molar-refractivity contribution in [2.45, 2.75) is 43.8 Å². The summed E-state index contributed by atoms with van der Waals surface area (Å²) in [5.74, 6) is -2.48. The lowest BCUT2D eigenvalue weighted by Crippen LogP contribution is -2.45. The molecule has 0 bridgehead atoms. The molecule has 32 heavy (non-hydrogen) atoms. The van der Waals surface area contributed by atoms with Gasteiger partial charge in [-0.2, -0.15) is 13.2 Å². The van der Waals surface area contributed by atoms with Crippen molar-refractivity contribution in [3.63, 3.8) is 0 Å². The Bertz CT molecular complexity index is 1120. The molecule has 1 saturated heterocycles. The molecular formula is C20H17ClF3O7P. The van der Waals surface area contributed by atoms with E-state index in [0.29, 0.717) is 0 Å². The second kappa shape index (κ2) is 7.71. The van der Waals surface area contributed by atoms with Crippen LogP contribution in [0.5, 0.6) is 5.75 Å². The van der Waals surface area contributed by atoms with Gasteiger partial charge in [-0.25, -0.2) is 0 Å². The van der Waals surface area contributed by atoms with Gasteiger partial charge in [0.2, 0.25) is 7.37 Å². The Hall–Kier alpha value is -2.16. The molecule has 2 heterocycles. The molecule has 3 aliphatic rings. The number of ether oxygens (including phenoxy) is 2. The average Bonchev–Trinajstić information content (AvgIpc) is 3.02. The van der Waals surface area contributed by atoms with Crippen molar-refractivity contribution in [3.05, 3.63) is 39.4 Å². The zero-order valence-electron chi connectivity index (χ0n) is 16.8. The maximum absolute atomic E-state index is 13.5. The first-order valence-corrected chi connectivity index (χ1v) is 12.5. The zero-order valence-corrected chi connectivity index (χ0v) is 18.5. The van der Waals surface area contributed by atoms with E-state index in [1.807, 2.05) is 0 Å². The molecule has 0 unspecified atom stereocenters. The van der Waals surface area contributed by atoms with Crippen LogP contribution in [0.3, 0.4) is 0 Å². The van der Waals surface area contributed by atoms with Crippen molar-refractivity contribution >= 4 is 36.5 Å². The monoisotopic (exact) mass is 492 g/mol. The third kappa shape index (κ3) is 4.11. The summed E-state index contributed by atoms with van der Waals surface area (Å²) in [5.41, 5.74) is -1.09. The van der Waals surface area contributed by atoms with E-state index in [0.717, 1.165) is 0 Å². The summed E-state index contributed by atoms with van der Waals surface area (Å²) < 4.78 is 67.2. The van der Waals surface area contributed by atoms with Crippen molar-refractivity contribution < 1.29 is 46.1 Å². The van der Waals surface area contributed by atoms with Crippen LogP contribution in [0.15, 0.2) is 23.3 Å². The fraction of sp³-hybridized carbons (Fsp3) is 0.450. The fourth-order valence-corrected chi connectivity index (χ4v) is 4.99. The first-order valence-electron chi connectivity index (χ1n) is 9.59. The zero-order chi connectivity index (χ0) is 23.6. The summed E-state index contributed by atoms with van der Waals surface area (Å²) in [5, 5.41) is -0.0986. The van der Waals surface area contributed by atoms with Gasteiger partial charge in [-0.15, -0.1) is 0 Å². The third-order valence-corrected chi connectivity index (χ3v) is 6.22. The van der Waals surface area contributed by atoms with Crippen LogP contribution in [0.1, 0.15) is 40.0 Å². The summed E-state index contributed by atoms with van der Waals surface area (Å²) in [6.45, 7) is 2.60. The summed E-state index contributed by atoms with van der Waals surface area (Å²) >= 11 is 6.20. The first-order chi connectivity index (χ1) is 14.8. The largest absolute Gasteiger partial charge is 0.454 e. The number of hydrogen-bond acceptors (Lipinski definition) is 7. The molecule has 1 aromatic carbocycles. The number of ketones is 2. The SMILES string of the molecule is CP(C)(=O)Oc1ccc(Cl)c2c1C(=O)C1=C(C2=O)[C@H]2OC(=O)C[C@H]2O[C@H]1CCC(F)(F)F. The Kier molecular flexibility index (Phi) is 5.55. The number of benzene rings is 1. The van der Waals surface area contributed by atoms with Gasteiger partial charge in [-0.05, 0) is 18.6 Å². The average molecular weight is 493 g/mol. The molecule has 4 rings (SSSR count). The lowest BCUT2D eigenvalue weighted by Gasteiger charge is -2.37. The van der Waals surface area contributed by atoms with Gasteiger partial charge < -0.3 is 14.0 Å². The van der Waals surface area contributed by atoms with E-state index in [1.165, 1.54) is 25.5 Å². The van der Waals surface area contributed by atoms with Crippen LogP contribution >= 0.6 is 19.0 Å². The summed E-state index contributed by atoms with van der Waals surface area (Å²) in [7, 11) is -3.18. The smallest absolute Gasteiger partial charge is 0.389 e. The molecule has 0 radical (unpaired) electrons. The van der Waals surface area contributed by atoms with Crippen molar-refractivity contribution in [1.29, 1.82) is 0 Å². The topological polar surface area (TPSA) is 96.0 Å². The van der Waals surface area contributed by atoms with Crippen LogP contribution in [0.4, 0.5) is 13.2 Å². The van der Waals surface area contributed by atoms with E-state index in [1.54, 1.807) is 0 Å². The molecule has 0 amide bonds. The van der Waals surface area contributed by atoms with E-state index >= 15 is 0 Å². The number of Topliss-reactive ketones (excluding diaryl/α,β-unsaturated/α-hetero) is 2. The Balaban J connectivity index is 1.88. The first kappa shape index (κ1) is 23.0. The molecule has 1 fully saturated rings. The van der Waals surface area contributed by atoms with Crippen LogP contribution in [0.25, 0.3) is 0 Å². The molecule has 12 heteroatoms. The van der Waals surface area contributed by atoms with E-state index in [9.17, 15) is 32.1 Å². The lowest BCUT2D eigenvalue weighted by atomic mass is 9.76. The molecular weight excluding hydrogens is 476 g/mol. The predicted octanol–water partition coefficient (Wildman–Crippen LogP) is 4.36. The van der Waals surface area contributed by atoms with E-state index < -0.39 is 62.2 Å². The van der Waals surface area contributed by atoms with Crippen molar-refractivity contribution in [2.24, 2.45) is 0 Å². The van der Waals surface area contributed by atoms with Gasteiger partial charge in [-0.1, -0.05) is 11.6 Å². The minimum Gasteiger partial charge on any atom is -0.454 e. The molecule has 2 aliphatic heterocycles. The molecule has 0 N–H and O–H groups in total. The standard InChI is InChI=1S/C20H17ClF3O7P/c1-32(2,28)31-10-4-3-8(21)13-15(10)18(27)14-9(5-6-20(22,23)24)29-11-7-12(25)30-19(11)16(14)17(13)26/h3-4,9,11,19H,5-7H2,1-2H3/t9-,11+,19-/m0/s1. The van der Waals surface area contributed by atoms with Gasteiger partial charge in [0, 0.05) is 25.3 Å². The Morgan fingerprint density at radius 1 is 1.12 bits per heavy atom. The van der Waals surface area contributed by atoms with Crippen LogP contribution in [-0.4, -0.2) is 55.4 Å². The quantitative estimate of drug-likeness (QED) is 0.455. The molecule has 0 aromatic heterocycles. The Morgan fingerprint density at radius 2 is 1.78 bits per heavy atom. The number of fused-ring (bicyclic) bond motifs is 3. The van der Waals surface area contributed by atoms with Gasteiger partial charge in [0.05, 0.1) is 34.2 Å². The predicted molar refractivity (Wildman–Crippen MR) is 106 cm³/mol. The normalized spacial score (nSPS) is 25.3. The number of rotatable bonds is 4. The van der Waals surface area contributed by atoms with Gasteiger partial charge in [0.15, 0.2) is 17.7 Å². The molecule has 0 saturated carbocycles.